The summed E-state index contributed by atoms with van der Waals surface area (Å²) in [5.74, 6) is 0.0320. The summed E-state index contributed by atoms with van der Waals surface area (Å²) in [5, 5.41) is 2.92. The number of anilines is 1. The summed E-state index contributed by atoms with van der Waals surface area (Å²) in [7, 11) is -0.517. The predicted molar refractivity (Wildman–Crippen MR) is 92.7 cm³/mol. The number of hydrogen-bond donors (Lipinski definition) is 1. The monoisotopic (exact) mass is 318 g/mol. The lowest BCUT2D eigenvalue weighted by Gasteiger charge is -2.32. The number of carbonyl (C=O) groups excluding carboxylic acids is 1. The quantitative estimate of drug-likeness (QED) is 0.647. The molecule has 126 valence electrons. The molecule has 1 saturated heterocycles. The van der Waals surface area contributed by atoms with E-state index in [1.807, 2.05) is 33.8 Å². The first-order valence-electron chi connectivity index (χ1n) is 8.36. The van der Waals surface area contributed by atoms with Gasteiger partial charge in [-0.25, -0.2) is 0 Å². The third kappa shape index (κ3) is 4.33. The van der Waals surface area contributed by atoms with E-state index in [1.165, 1.54) is 0 Å². The van der Waals surface area contributed by atoms with Crippen molar-refractivity contribution in [2.24, 2.45) is 0 Å². The fourth-order valence-electron chi connectivity index (χ4n) is 2.38. The Hall–Kier alpha value is -1.40. The SMILES string of the molecule is CCCCCC(=O)Nc1ccnc(B2OC(C)(C)C(C)(C)O2)c1. The standard InChI is InChI=1S/C17H27BN2O3/c1-6-7-8-9-15(21)20-13-10-11-19-14(12-13)18-22-16(2,3)17(4,5)23-18/h10-12H,6-9H2,1-5H3,(H,19,20,21). The molecule has 0 radical (unpaired) electrons. The molecule has 1 aromatic heterocycles. The number of nitrogens with one attached hydrogen (secondary N) is 1. The molecule has 1 aromatic rings. The second kappa shape index (κ2) is 7.01. The Morgan fingerprint density at radius 1 is 1.22 bits per heavy atom. The highest BCUT2D eigenvalue weighted by atomic mass is 16.7. The zero-order valence-corrected chi connectivity index (χ0v) is 14.8. The summed E-state index contributed by atoms with van der Waals surface area (Å²) in [6, 6.07) is 3.60. The molecule has 1 aliphatic rings. The van der Waals surface area contributed by atoms with Gasteiger partial charge in [-0.2, -0.15) is 0 Å². The average Bonchev–Trinajstić information content (AvgIpc) is 2.68. The molecule has 1 amide bonds. The molecule has 1 N–H and O–H groups in total. The van der Waals surface area contributed by atoms with E-state index in [1.54, 1.807) is 12.3 Å². The van der Waals surface area contributed by atoms with E-state index in [4.69, 9.17) is 9.31 Å². The summed E-state index contributed by atoms with van der Waals surface area (Å²) in [6.45, 7) is 10.1. The van der Waals surface area contributed by atoms with Crippen LogP contribution in [-0.4, -0.2) is 29.2 Å². The van der Waals surface area contributed by atoms with Crippen LogP contribution in [0.15, 0.2) is 18.3 Å². The predicted octanol–water partition coefficient (Wildman–Crippen LogP) is 2.90. The number of carbonyl (C=O) groups is 1. The third-order valence-electron chi connectivity index (χ3n) is 4.57. The van der Waals surface area contributed by atoms with Gasteiger partial charge < -0.3 is 14.6 Å². The molecule has 2 heterocycles. The van der Waals surface area contributed by atoms with Gasteiger partial charge in [0, 0.05) is 18.3 Å². The maximum atomic E-state index is 11.9. The highest BCUT2D eigenvalue weighted by Gasteiger charge is 2.52. The van der Waals surface area contributed by atoms with E-state index in [9.17, 15) is 4.79 Å². The molecule has 0 atom stereocenters. The van der Waals surface area contributed by atoms with Crippen LogP contribution in [0.4, 0.5) is 5.69 Å². The molecule has 0 spiro atoms. The van der Waals surface area contributed by atoms with Crippen LogP contribution in [0.2, 0.25) is 0 Å². The number of rotatable bonds is 6. The fraction of sp³-hybridized carbons (Fsp3) is 0.647. The molecule has 23 heavy (non-hydrogen) atoms. The van der Waals surface area contributed by atoms with Crippen LogP contribution in [0, 0.1) is 0 Å². The first kappa shape index (κ1) is 18.0. The van der Waals surface area contributed by atoms with Crippen molar-refractivity contribution >= 4 is 24.3 Å². The third-order valence-corrected chi connectivity index (χ3v) is 4.57. The van der Waals surface area contributed by atoms with Crippen molar-refractivity contribution in [2.45, 2.75) is 71.5 Å². The number of hydrogen-bond acceptors (Lipinski definition) is 4. The van der Waals surface area contributed by atoms with E-state index in [0.29, 0.717) is 12.0 Å². The maximum Gasteiger partial charge on any atom is 0.514 e. The topological polar surface area (TPSA) is 60.5 Å². The summed E-state index contributed by atoms with van der Waals surface area (Å²) < 4.78 is 12.0. The van der Waals surface area contributed by atoms with Gasteiger partial charge in [-0.15, -0.1) is 0 Å². The Morgan fingerprint density at radius 3 is 2.48 bits per heavy atom. The molecule has 0 unspecified atom stereocenters. The Kier molecular flexibility index (Phi) is 5.47. The molecule has 6 heteroatoms. The van der Waals surface area contributed by atoms with Crippen molar-refractivity contribution in [2.75, 3.05) is 5.32 Å². The van der Waals surface area contributed by atoms with Crippen LogP contribution in [0.3, 0.4) is 0 Å². The van der Waals surface area contributed by atoms with Gasteiger partial charge in [0.05, 0.1) is 16.8 Å². The Balaban J connectivity index is 2.02. The largest absolute Gasteiger partial charge is 0.514 e. The van der Waals surface area contributed by atoms with Crippen molar-refractivity contribution in [1.82, 2.24) is 4.98 Å². The fourth-order valence-corrected chi connectivity index (χ4v) is 2.38. The normalized spacial score (nSPS) is 18.9. The zero-order chi connectivity index (χ0) is 17.1. The van der Waals surface area contributed by atoms with Gasteiger partial charge in [0.2, 0.25) is 5.91 Å². The molecule has 1 fully saturated rings. The van der Waals surface area contributed by atoms with Crippen molar-refractivity contribution in [3.63, 3.8) is 0 Å². The molecule has 0 aromatic carbocycles. The molecule has 0 aliphatic carbocycles. The molecular weight excluding hydrogens is 291 g/mol. The molecule has 0 saturated carbocycles. The second-order valence-electron chi connectivity index (χ2n) is 7.06. The van der Waals surface area contributed by atoms with Crippen LogP contribution in [0.25, 0.3) is 0 Å². The van der Waals surface area contributed by atoms with Gasteiger partial charge in [-0.05, 0) is 46.2 Å². The molecule has 2 rings (SSSR count). The number of amides is 1. The van der Waals surface area contributed by atoms with E-state index in [-0.39, 0.29) is 5.91 Å². The average molecular weight is 318 g/mol. The van der Waals surface area contributed by atoms with Crippen LogP contribution >= 0.6 is 0 Å². The summed E-state index contributed by atoms with van der Waals surface area (Å²) in [4.78, 5) is 16.3. The lowest BCUT2D eigenvalue weighted by molar-refractivity contribution is -0.116. The Morgan fingerprint density at radius 2 is 1.87 bits per heavy atom. The summed E-state index contributed by atoms with van der Waals surface area (Å²) in [6.07, 6.45) is 5.30. The maximum absolute atomic E-state index is 11.9. The van der Waals surface area contributed by atoms with E-state index in [0.717, 1.165) is 24.9 Å². The highest BCUT2D eigenvalue weighted by Crippen LogP contribution is 2.36. The van der Waals surface area contributed by atoms with Crippen molar-refractivity contribution in [3.05, 3.63) is 18.3 Å². The van der Waals surface area contributed by atoms with Crippen molar-refractivity contribution in [1.29, 1.82) is 0 Å². The number of aromatic nitrogens is 1. The van der Waals surface area contributed by atoms with Gasteiger partial charge in [0.1, 0.15) is 0 Å². The number of nitrogens with zero attached hydrogens (tertiary/aromatic N) is 1. The van der Waals surface area contributed by atoms with Crippen LogP contribution in [0.1, 0.15) is 60.3 Å². The van der Waals surface area contributed by atoms with Crippen LogP contribution in [0.5, 0.6) is 0 Å². The lowest BCUT2D eigenvalue weighted by Crippen LogP contribution is -2.41. The van der Waals surface area contributed by atoms with Gasteiger partial charge >= 0.3 is 7.12 Å². The van der Waals surface area contributed by atoms with E-state index < -0.39 is 18.3 Å². The highest BCUT2D eigenvalue weighted by molar-refractivity contribution is 6.61. The minimum Gasteiger partial charge on any atom is -0.398 e. The Labute approximate surface area is 139 Å². The summed E-state index contributed by atoms with van der Waals surface area (Å²) in [5.41, 5.74) is 0.596. The first-order valence-corrected chi connectivity index (χ1v) is 8.36. The second-order valence-corrected chi connectivity index (χ2v) is 7.06. The Bertz CT molecular complexity index is 545. The molecule has 0 bridgehead atoms. The van der Waals surface area contributed by atoms with Gasteiger partial charge in [0.25, 0.3) is 0 Å². The molecule has 1 aliphatic heterocycles. The zero-order valence-electron chi connectivity index (χ0n) is 14.8. The molecule has 5 nitrogen and oxygen atoms in total. The first-order chi connectivity index (χ1) is 10.7. The molecular formula is C17H27BN2O3. The van der Waals surface area contributed by atoms with Gasteiger partial charge in [-0.1, -0.05) is 19.8 Å². The summed E-state index contributed by atoms with van der Waals surface area (Å²) >= 11 is 0. The van der Waals surface area contributed by atoms with Crippen molar-refractivity contribution in [3.8, 4) is 0 Å². The number of pyridine rings is 1. The van der Waals surface area contributed by atoms with E-state index in [2.05, 4.69) is 17.2 Å². The minimum atomic E-state index is -0.517. The van der Waals surface area contributed by atoms with Crippen LogP contribution < -0.4 is 10.9 Å². The van der Waals surface area contributed by atoms with Crippen LogP contribution in [-0.2, 0) is 14.1 Å². The number of unbranched alkanes of at least 4 members (excludes halogenated alkanes) is 2. The van der Waals surface area contributed by atoms with Crippen molar-refractivity contribution < 1.29 is 14.1 Å². The smallest absolute Gasteiger partial charge is 0.398 e. The van der Waals surface area contributed by atoms with Gasteiger partial charge in [0.15, 0.2) is 0 Å². The lowest BCUT2D eigenvalue weighted by atomic mass is 9.84. The minimum absolute atomic E-state index is 0.0320. The van der Waals surface area contributed by atoms with Gasteiger partial charge in [-0.3, -0.25) is 9.78 Å². The van der Waals surface area contributed by atoms with E-state index >= 15 is 0 Å².